The number of halogens is 1. The van der Waals surface area contributed by atoms with Crippen LogP contribution in [0.1, 0.15) is 83.4 Å². The molecule has 21 heavy (non-hydrogen) atoms. The number of pyridine rings is 1. The van der Waals surface area contributed by atoms with Crippen molar-refractivity contribution in [3.05, 3.63) is 29.8 Å². The Kier molecular flexibility index (Phi) is 10.1. The van der Waals surface area contributed by atoms with E-state index in [0.717, 1.165) is 19.4 Å². The Labute approximate surface area is 129 Å². The molecule has 0 aliphatic heterocycles. The molecule has 1 heterocycles. The van der Waals surface area contributed by atoms with Crippen molar-refractivity contribution in [3.8, 4) is 0 Å². The van der Waals surface area contributed by atoms with Gasteiger partial charge in [-0.3, -0.25) is 4.98 Å². The molecule has 0 saturated heterocycles. The van der Waals surface area contributed by atoms with Gasteiger partial charge in [0.15, 0.2) is 0 Å². The summed E-state index contributed by atoms with van der Waals surface area (Å²) in [5.74, 6) is -0.192. The molecule has 0 spiro atoms. The molecule has 1 atom stereocenters. The van der Waals surface area contributed by atoms with E-state index in [4.69, 9.17) is 0 Å². The summed E-state index contributed by atoms with van der Waals surface area (Å²) in [5, 5.41) is 3.36. The summed E-state index contributed by atoms with van der Waals surface area (Å²) in [6.07, 6.45) is 13.1. The lowest BCUT2D eigenvalue weighted by atomic mass is 10.0. The van der Waals surface area contributed by atoms with Crippen LogP contribution in [0.25, 0.3) is 0 Å². The Morgan fingerprint density at radius 1 is 1.05 bits per heavy atom. The second kappa shape index (κ2) is 11.7. The Morgan fingerprint density at radius 3 is 2.33 bits per heavy atom. The van der Waals surface area contributed by atoms with E-state index in [1.54, 1.807) is 12.3 Å². The third-order valence-electron chi connectivity index (χ3n) is 3.91. The second-order valence-corrected chi connectivity index (χ2v) is 5.74. The third-order valence-corrected chi connectivity index (χ3v) is 3.91. The van der Waals surface area contributed by atoms with E-state index in [2.05, 4.69) is 24.1 Å². The zero-order valence-electron chi connectivity index (χ0n) is 13.7. The van der Waals surface area contributed by atoms with E-state index in [1.165, 1.54) is 51.0 Å². The summed E-state index contributed by atoms with van der Waals surface area (Å²) < 4.78 is 13.8. The fraction of sp³-hybridized carbons (Fsp3) is 0.722. The lowest BCUT2D eigenvalue weighted by molar-refractivity contribution is 0.446. The standard InChI is InChI=1S/C18H31FN2/c1-3-5-6-7-8-9-10-11-14-17(20-4-2)18-16(19)13-12-15-21-18/h12-13,15,17,20H,3-11,14H2,1-2H3. The molecule has 1 unspecified atom stereocenters. The molecule has 1 aromatic heterocycles. The van der Waals surface area contributed by atoms with Crippen molar-refractivity contribution in [1.82, 2.24) is 10.3 Å². The summed E-state index contributed by atoms with van der Waals surface area (Å²) in [6.45, 7) is 5.15. The van der Waals surface area contributed by atoms with Gasteiger partial charge in [0.1, 0.15) is 5.82 Å². The fourth-order valence-electron chi connectivity index (χ4n) is 2.72. The molecule has 3 heteroatoms. The highest BCUT2D eigenvalue weighted by molar-refractivity contribution is 5.11. The zero-order valence-corrected chi connectivity index (χ0v) is 13.7. The number of nitrogens with zero attached hydrogens (tertiary/aromatic N) is 1. The summed E-state index contributed by atoms with van der Waals surface area (Å²) in [5.41, 5.74) is 0.572. The first-order chi connectivity index (χ1) is 10.3. The number of nitrogens with one attached hydrogen (secondary N) is 1. The first-order valence-corrected chi connectivity index (χ1v) is 8.63. The number of rotatable bonds is 12. The molecule has 0 radical (unpaired) electrons. The Hall–Kier alpha value is -0.960. The van der Waals surface area contributed by atoms with Gasteiger partial charge in [-0.25, -0.2) is 4.39 Å². The highest BCUT2D eigenvalue weighted by atomic mass is 19.1. The molecule has 0 saturated carbocycles. The van der Waals surface area contributed by atoms with Crippen molar-refractivity contribution < 1.29 is 4.39 Å². The van der Waals surface area contributed by atoms with Crippen LogP contribution in [-0.2, 0) is 0 Å². The minimum absolute atomic E-state index is 0.0521. The number of unbranched alkanes of at least 4 members (excludes halogenated alkanes) is 7. The van der Waals surface area contributed by atoms with E-state index >= 15 is 0 Å². The number of aromatic nitrogens is 1. The van der Waals surface area contributed by atoms with Crippen molar-refractivity contribution in [1.29, 1.82) is 0 Å². The monoisotopic (exact) mass is 294 g/mol. The SMILES string of the molecule is CCCCCCCCCCC(NCC)c1ncccc1F. The molecule has 0 aromatic carbocycles. The van der Waals surface area contributed by atoms with E-state index in [1.807, 2.05) is 0 Å². The molecular formula is C18H31FN2. The van der Waals surface area contributed by atoms with Crippen molar-refractivity contribution in [2.75, 3.05) is 6.54 Å². The third kappa shape index (κ3) is 7.56. The van der Waals surface area contributed by atoms with Crippen LogP contribution >= 0.6 is 0 Å². The molecule has 1 rings (SSSR count). The smallest absolute Gasteiger partial charge is 0.146 e. The van der Waals surface area contributed by atoms with Crippen LogP contribution in [0.4, 0.5) is 4.39 Å². The molecule has 1 N–H and O–H groups in total. The maximum absolute atomic E-state index is 13.8. The van der Waals surface area contributed by atoms with Gasteiger partial charge in [-0.2, -0.15) is 0 Å². The van der Waals surface area contributed by atoms with Crippen molar-refractivity contribution in [2.24, 2.45) is 0 Å². The maximum atomic E-state index is 13.8. The van der Waals surface area contributed by atoms with Crippen molar-refractivity contribution in [3.63, 3.8) is 0 Å². The molecule has 0 fully saturated rings. The molecule has 120 valence electrons. The van der Waals surface area contributed by atoms with Gasteiger partial charge in [0, 0.05) is 6.20 Å². The van der Waals surface area contributed by atoms with Gasteiger partial charge in [-0.1, -0.05) is 65.2 Å². The van der Waals surface area contributed by atoms with E-state index in [9.17, 15) is 4.39 Å². The van der Waals surface area contributed by atoms with Gasteiger partial charge in [0.2, 0.25) is 0 Å². The molecule has 0 aliphatic carbocycles. The Balaban J connectivity index is 2.25. The minimum Gasteiger partial charge on any atom is -0.309 e. The van der Waals surface area contributed by atoms with Gasteiger partial charge >= 0.3 is 0 Å². The van der Waals surface area contributed by atoms with E-state index < -0.39 is 0 Å². The summed E-state index contributed by atoms with van der Waals surface area (Å²) >= 11 is 0. The number of hydrogen-bond donors (Lipinski definition) is 1. The minimum atomic E-state index is -0.192. The van der Waals surface area contributed by atoms with Gasteiger partial charge in [0.25, 0.3) is 0 Å². The van der Waals surface area contributed by atoms with Gasteiger partial charge in [-0.05, 0) is 25.1 Å². The van der Waals surface area contributed by atoms with E-state index in [-0.39, 0.29) is 11.9 Å². The Morgan fingerprint density at radius 2 is 1.71 bits per heavy atom. The predicted octanol–water partition coefficient (Wildman–Crippen LogP) is 5.40. The van der Waals surface area contributed by atoms with Crippen molar-refractivity contribution >= 4 is 0 Å². The lowest BCUT2D eigenvalue weighted by Gasteiger charge is -2.17. The average Bonchev–Trinajstić information content (AvgIpc) is 2.49. The molecule has 0 bridgehead atoms. The topological polar surface area (TPSA) is 24.9 Å². The summed E-state index contributed by atoms with van der Waals surface area (Å²) in [4.78, 5) is 4.21. The quantitative estimate of drug-likeness (QED) is 0.522. The van der Waals surface area contributed by atoms with Gasteiger partial charge in [-0.15, -0.1) is 0 Å². The van der Waals surface area contributed by atoms with Crippen LogP contribution < -0.4 is 5.32 Å². The summed E-state index contributed by atoms with van der Waals surface area (Å²) in [6, 6.07) is 3.20. The highest BCUT2D eigenvalue weighted by Crippen LogP contribution is 2.21. The van der Waals surface area contributed by atoms with Gasteiger partial charge < -0.3 is 5.32 Å². The highest BCUT2D eigenvalue weighted by Gasteiger charge is 2.15. The number of hydrogen-bond acceptors (Lipinski definition) is 2. The van der Waals surface area contributed by atoms with Crippen LogP contribution in [0.3, 0.4) is 0 Å². The normalized spacial score (nSPS) is 12.5. The second-order valence-electron chi connectivity index (χ2n) is 5.74. The van der Waals surface area contributed by atoms with Crippen LogP contribution in [0, 0.1) is 5.82 Å². The molecule has 0 amide bonds. The first kappa shape index (κ1) is 18.1. The van der Waals surface area contributed by atoms with Crippen LogP contribution in [0.15, 0.2) is 18.3 Å². The van der Waals surface area contributed by atoms with Crippen LogP contribution in [0.5, 0.6) is 0 Å². The first-order valence-electron chi connectivity index (χ1n) is 8.63. The van der Waals surface area contributed by atoms with Crippen LogP contribution in [-0.4, -0.2) is 11.5 Å². The predicted molar refractivity (Wildman–Crippen MR) is 87.8 cm³/mol. The van der Waals surface area contributed by atoms with Gasteiger partial charge in [0.05, 0.1) is 11.7 Å². The average molecular weight is 294 g/mol. The Bertz CT molecular complexity index is 368. The van der Waals surface area contributed by atoms with E-state index in [0.29, 0.717) is 5.69 Å². The van der Waals surface area contributed by atoms with Crippen LogP contribution in [0.2, 0.25) is 0 Å². The fourth-order valence-corrected chi connectivity index (χ4v) is 2.72. The zero-order chi connectivity index (χ0) is 15.3. The molecule has 1 aromatic rings. The lowest BCUT2D eigenvalue weighted by Crippen LogP contribution is -2.23. The summed E-state index contributed by atoms with van der Waals surface area (Å²) in [7, 11) is 0. The van der Waals surface area contributed by atoms with Crippen molar-refractivity contribution in [2.45, 2.75) is 77.7 Å². The molecule has 0 aliphatic rings. The molecule has 2 nitrogen and oxygen atoms in total. The molecular weight excluding hydrogens is 263 g/mol. The maximum Gasteiger partial charge on any atom is 0.146 e. The largest absolute Gasteiger partial charge is 0.309 e.